The number of hydrogen-bond acceptors (Lipinski definition) is 6. The smallest absolute Gasteiger partial charge is 0.332 e. The number of hydrogen-bond donors (Lipinski definition) is 2. The normalized spacial score (nSPS) is 36.4. The van der Waals surface area contributed by atoms with Crippen molar-refractivity contribution in [2.24, 2.45) is 64.1 Å². The van der Waals surface area contributed by atoms with Crippen LogP contribution in [0.15, 0.2) is 16.8 Å². The fourth-order valence-electron chi connectivity index (χ4n) is 7.19. The van der Waals surface area contributed by atoms with Gasteiger partial charge in [-0.25, -0.2) is 10.2 Å². The standard InChI is InChI=1S/C31H51N3O5/c1-16(2)22-11-9-18(5)13-25(22)38-29(35)27-20(7)15-24(33-34-31(32)37)28(21(27)8)30(36)39-26-14-19(6)10-12-23(26)17(3)4/h15-19,21-23,25-28H,9-14H2,1-8H3,(H3,32,34,37)/b33-24-/t18-,19-,21-,22+,23-,25-,26-,27-,28-/m1/s1. The lowest BCUT2D eigenvalue weighted by atomic mass is 9.71. The minimum absolute atomic E-state index is 0.131. The van der Waals surface area contributed by atoms with Crippen LogP contribution in [0, 0.1) is 53.3 Å². The van der Waals surface area contributed by atoms with E-state index < -0.39 is 29.8 Å². The van der Waals surface area contributed by atoms with Crippen LogP contribution in [0.2, 0.25) is 0 Å². The van der Waals surface area contributed by atoms with E-state index in [9.17, 15) is 14.4 Å². The second kappa shape index (κ2) is 13.3. The molecular formula is C31H51N3O5. The summed E-state index contributed by atoms with van der Waals surface area (Å²) in [5.41, 5.74) is 8.65. The number of esters is 2. The van der Waals surface area contributed by atoms with E-state index in [-0.39, 0.29) is 24.1 Å². The van der Waals surface area contributed by atoms with Crippen LogP contribution in [-0.4, -0.2) is 35.9 Å². The molecule has 0 radical (unpaired) electrons. The Hall–Kier alpha value is -2.38. The fourth-order valence-corrected chi connectivity index (χ4v) is 7.19. The third kappa shape index (κ3) is 7.63. The highest BCUT2D eigenvalue weighted by Gasteiger charge is 2.46. The molecule has 0 aliphatic heterocycles. The SMILES string of the molecule is CC1=C/C(=N/NC(N)=O)[C@H](C(=O)O[C@@H]2C[C@H](C)CC[C@@H]2C(C)C)[C@H](C)[C@@H]1C(=O)O[C@@H]1C[C@H](C)CC[C@H]1C(C)C. The van der Waals surface area contributed by atoms with Crippen LogP contribution >= 0.6 is 0 Å². The summed E-state index contributed by atoms with van der Waals surface area (Å²) < 4.78 is 12.4. The number of ether oxygens (including phenoxy) is 2. The number of hydrazone groups is 1. The average molecular weight is 546 g/mol. The largest absolute Gasteiger partial charge is 0.462 e. The minimum Gasteiger partial charge on any atom is -0.462 e. The van der Waals surface area contributed by atoms with Gasteiger partial charge in [0, 0.05) is 0 Å². The molecule has 3 rings (SSSR count). The molecule has 0 saturated heterocycles. The van der Waals surface area contributed by atoms with Crippen molar-refractivity contribution in [2.75, 3.05) is 0 Å². The molecule has 8 heteroatoms. The average Bonchev–Trinajstić information content (AvgIpc) is 2.82. The number of amides is 2. The summed E-state index contributed by atoms with van der Waals surface area (Å²) in [6.07, 6.45) is 7.40. The van der Waals surface area contributed by atoms with Gasteiger partial charge in [0.25, 0.3) is 0 Å². The Morgan fingerprint density at radius 2 is 1.31 bits per heavy atom. The van der Waals surface area contributed by atoms with E-state index in [1.807, 2.05) is 13.8 Å². The molecule has 0 aromatic carbocycles. The predicted octanol–water partition coefficient (Wildman–Crippen LogP) is 5.85. The van der Waals surface area contributed by atoms with E-state index in [4.69, 9.17) is 15.2 Å². The number of allylic oxidation sites excluding steroid dienone is 1. The molecule has 8 nitrogen and oxygen atoms in total. The van der Waals surface area contributed by atoms with Crippen LogP contribution in [-0.2, 0) is 19.1 Å². The van der Waals surface area contributed by atoms with Gasteiger partial charge in [0.05, 0.1) is 11.6 Å². The first-order chi connectivity index (χ1) is 18.3. The number of rotatable bonds is 7. The monoisotopic (exact) mass is 545 g/mol. The zero-order valence-corrected chi connectivity index (χ0v) is 25.2. The fraction of sp³-hybridized carbons (Fsp3) is 0.806. The number of primary amides is 1. The van der Waals surface area contributed by atoms with Crippen molar-refractivity contribution in [1.82, 2.24) is 5.43 Å². The first-order valence-electron chi connectivity index (χ1n) is 15.0. The Morgan fingerprint density at radius 3 is 1.74 bits per heavy atom. The molecule has 0 unspecified atom stereocenters. The Morgan fingerprint density at radius 1 is 0.846 bits per heavy atom. The number of carbonyl (C=O) groups excluding carboxylic acids is 3. The van der Waals surface area contributed by atoms with E-state index in [1.165, 1.54) is 0 Å². The highest BCUT2D eigenvalue weighted by molar-refractivity contribution is 6.11. The predicted molar refractivity (Wildman–Crippen MR) is 153 cm³/mol. The van der Waals surface area contributed by atoms with Crippen LogP contribution in [0.1, 0.15) is 93.9 Å². The molecule has 0 aromatic heterocycles. The van der Waals surface area contributed by atoms with E-state index in [0.29, 0.717) is 35.3 Å². The van der Waals surface area contributed by atoms with Crippen molar-refractivity contribution in [3.63, 3.8) is 0 Å². The summed E-state index contributed by atoms with van der Waals surface area (Å²) in [6, 6.07) is -0.818. The van der Waals surface area contributed by atoms with Crippen LogP contribution in [0.5, 0.6) is 0 Å². The Bertz CT molecular complexity index is 958. The summed E-state index contributed by atoms with van der Waals surface area (Å²) in [6.45, 7) is 16.8. The lowest BCUT2D eigenvalue weighted by Gasteiger charge is -2.40. The zero-order valence-electron chi connectivity index (χ0n) is 25.2. The molecule has 0 spiro atoms. The molecular weight excluding hydrogens is 494 g/mol. The number of nitrogens with two attached hydrogens (primary N) is 1. The van der Waals surface area contributed by atoms with Crippen molar-refractivity contribution < 1.29 is 23.9 Å². The van der Waals surface area contributed by atoms with Gasteiger partial charge in [-0.3, -0.25) is 9.59 Å². The Labute approximate surface area is 234 Å². The van der Waals surface area contributed by atoms with Gasteiger partial charge in [-0.1, -0.05) is 66.9 Å². The third-order valence-corrected chi connectivity index (χ3v) is 9.50. The Kier molecular flexibility index (Phi) is 10.6. The zero-order chi connectivity index (χ0) is 29.0. The molecule has 0 aromatic rings. The van der Waals surface area contributed by atoms with Gasteiger partial charge in [-0.2, -0.15) is 5.10 Å². The number of nitrogens with one attached hydrogen (secondary N) is 1. The van der Waals surface area contributed by atoms with E-state index in [2.05, 4.69) is 52.1 Å². The molecule has 220 valence electrons. The molecule has 3 N–H and O–H groups in total. The quantitative estimate of drug-likeness (QED) is 0.307. The van der Waals surface area contributed by atoms with Gasteiger partial charge >= 0.3 is 18.0 Å². The Balaban J connectivity index is 1.88. The summed E-state index contributed by atoms with van der Waals surface area (Å²) >= 11 is 0. The maximum Gasteiger partial charge on any atom is 0.332 e. The molecule has 0 heterocycles. The molecule has 2 fully saturated rings. The first-order valence-corrected chi connectivity index (χ1v) is 15.0. The molecule has 3 aliphatic rings. The summed E-state index contributed by atoms with van der Waals surface area (Å²) in [7, 11) is 0. The molecule has 39 heavy (non-hydrogen) atoms. The maximum absolute atomic E-state index is 13.8. The summed E-state index contributed by atoms with van der Waals surface area (Å²) in [4.78, 5) is 39.0. The van der Waals surface area contributed by atoms with Crippen LogP contribution in [0.25, 0.3) is 0 Å². The van der Waals surface area contributed by atoms with E-state index >= 15 is 0 Å². The minimum atomic E-state index is -0.825. The topological polar surface area (TPSA) is 120 Å². The molecule has 0 bridgehead atoms. The van der Waals surface area contributed by atoms with Gasteiger partial charge < -0.3 is 15.2 Å². The lowest BCUT2D eigenvalue weighted by Crippen LogP contribution is -2.46. The van der Waals surface area contributed by atoms with E-state index in [0.717, 1.165) is 44.1 Å². The van der Waals surface area contributed by atoms with Gasteiger partial charge in [-0.05, 0) is 80.1 Å². The number of carbonyl (C=O) groups is 3. The van der Waals surface area contributed by atoms with E-state index in [1.54, 1.807) is 6.08 Å². The maximum atomic E-state index is 13.8. The van der Waals surface area contributed by atoms with Crippen LogP contribution < -0.4 is 11.2 Å². The molecule has 2 amide bonds. The highest BCUT2D eigenvalue weighted by atomic mass is 16.5. The molecule has 3 aliphatic carbocycles. The first kappa shape index (κ1) is 31.2. The van der Waals surface area contributed by atoms with Crippen molar-refractivity contribution in [3.8, 4) is 0 Å². The van der Waals surface area contributed by atoms with Gasteiger partial charge in [0.1, 0.15) is 18.1 Å². The van der Waals surface area contributed by atoms with Crippen molar-refractivity contribution in [3.05, 3.63) is 11.6 Å². The van der Waals surface area contributed by atoms with Crippen molar-refractivity contribution >= 4 is 23.7 Å². The second-order valence-electron chi connectivity index (χ2n) is 13.3. The highest BCUT2D eigenvalue weighted by Crippen LogP contribution is 2.41. The summed E-state index contributed by atoms with van der Waals surface area (Å²) in [5, 5.41) is 4.17. The van der Waals surface area contributed by atoms with Crippen LogP contribution in [0.3, 0.4) is 0 Å². The van der Waals surface area contributed by atoms with Crippen LogP contribution in [0.4, 0.5) is 4.79 Å². The van der Waals surface area contributed by atoms with Gasteiger partial charge in [0.2, 0.25) is 0 Å². The number of nitrogens with zero attached hydrogens (tertiary/aromatic N) is 1. The van der Waals surface area contributed by atoms with Gasteiger partial charge in [0.15, 0.2) is 0 Å². The lowest BCUT2D eigenvalue weighted by molar-refractivity contribution is -0.165. The van der Waals surface area contributed by atoms with Crippen molar-refractivity contribution in [1.29, 1.82) is 0 Å². The summed E-state index contributed by atoms with van der Waals surface area (Å²) in [5.74, 6) is -0.198. The number of urea groups is 1. The third-order valence-electron chi connectivity index (χ3n) is 9.50. The molecule has 2 saturated carbocycles. The molecule has 9 atom stereocenters. The second-order valence-corrected chi connectivity index (χ2v) is 13.3. The van der Waals surface area contributed by atoms with Crippen molar-refractivity contribution in [2.45, 2.75) is 106 Å². The van der Waals surface area contributed by atoms with Gasteiger partial charge in [-0.15, -0.1) is 0 Å².